The van der Waals surface area contributed by atoms with Gasteiger partial charge in [0.05, 0.1) is 6.61 Å². The summed E-state index contributed by atoms with van der Waals surface area (Å²) in [5.41, 5.74) is 0. The molecule has 2 fully saturated rings. The number of hydrazine groups is 1. The summed E-state index contributed by atoms with van der Waals surface area (Å²) < 4.78 is 14.1. The summed E-state index contributed by atoms with van der Waals surface area (Å²) in [6, 6.07) is 0.658. The Hall–Kier alpha value is -1.38. The topological polar surface area (TPSA) is 94.3 Å². The minimum Gasteiger partial charge on any atom is -0.435 e. The lowest BCUT2D eigenvalue weighted by Gasteiger charge is -2.40. The van der Waals surface area contributed by atoms with Crippen molar-refractivity contribution in [1.82, 2.24) is 9.91 Å². The monoisotopic (exact) mass is 357 g/mol. The summed E-state index contributed by atoms with van der Waals surface area (Å²) in [6.07, 6.45) is 4.91. The molecule has 0 atom stereocenters. The van der Waals surface area contributed by atoms with Gasteiger partial charge in [0.25, 0.3) is 0 Å². The predicted molar refractivity (Wildman–Crippen MR) is 91.4 cm³/mol. The van der Waals surface area contributed by atoms with Crippen molar-refractivity contribution in [1.29, 1.82) is 0 Å². The fourth-order valence-electron chi connectivity index (χ4n) is 3.55. The number of rotatable bonds is 7. The van der Waals surface area contributed by atoms with Crippen molar-refractivity contribution >= 4 is 12.1 Å². The van der Waals surface area contributed by atoms with Crippen LogP contribution in [-0.2, 0) is 19.0 Å². The molecule has 0 aromatic heterocycles. The van der Waals surface area contributed by atoms with Crippen molar-refractivity contribution in [3.63, 3.8) is 0 Å². The Bertz CT molecular complexity index is 419. The molecule has 0 aromatic rings. The second-order valence-corrected chi connectivity index (χ2v) is 6.75. The summed E-state index contributed by atoms with van der Waals surface area (Å²) in [5.74, 6) is 6.05. The Labute approximate surface area is 149 Å². The Balaban J connectivity index is 1.54. The van der Waals surface area contributed by atoms with Crippen LogP contribution in [0.3, 0.4) is 0 Å². The van der Waals surface area contributed by atoms with Gasteiger partial charge in [-0.3, -0.25) is 10.6 Å². The van der Waals surface area contributed by atoms with Crippen LogP contribution >= 0.6 is 0 Å². The van der Waals surface area contributed by atoms with Gasteiger partial charge < -0.3 is 19.1 Å². The van der Waals surface area contributed by atoms with Gasteiger partial charge in [0.15, 0.2) is 0 Å². The van der Waals surface area contributed by atoms with Crippen LogP contribution in [0.4, 0.5) is 4.79 Å². The normalized spacial score (nSPS) is 21.0. The Morgan fingerprint density at radius 3 is 2.32 bits per heavy atom. The highest BCUT2D eigenvalue weighted by molar-refractivity contribution is 5.69. The first-order valence-corrected chi connectivity index (χ1v) is 9.27. The van der Waals surface area contributed by atoms with Crippen molar-refractivity contribution in [2.75, 3.05) is 39.6 Å². The van der Waals surface area contributed by atoms with E-state index in [1.807, 2.05) is 5.01 Å². The highest BCUT2D eigenvalue weighted by Crippen LogP contribution is 2.26. The zero-order chi connectivity index (χ0) is 18.1. The number of likely N-dealkylation sites (tertiary alicyclic amines) is 1. The number of piperidine rings is 2. The van der Waals surface area contributed by atoms with Gasteiger partial charge in [0.1, 0.15) is 0 Å². The Morgan fingerprint density at radius 1 is 1.00 bits per heavy atom. The average molecular weight is 357 g/mol. The van der Waals surface area contributed by atoms with E-state index in [9.17, 15) is 9.59 Å². The maximum absolute atomic E-state index is 11.7. The van der Waals surface area contributed by atoms with E-state index >= 15 is 0 Å². The smallest absolute Gasteiger partial charge is 0.435 e. The van der Waals surface area contributed by atoms with Crippen molar-refractivity contribution in [3.05, 3.63) is 0 Å². The van der Waals surface area contributed by atoms with E-state index in [0.29, 0.717) is 18.4 Å². The van der Waals surface area contributed by atoms with Gasteiger partial charge in [-0.1, -0.05) is 0 Å². The fourth-order valence-corrected chi connectivity index (χ4v) is 3.55. The van der Waals surface area contributed by atoms with Crippen molar-refractivity contribution in [2.24, 2.45) is 11.8 Å². The van der Waals surface area contributed by atoms with E-state index in [1.165, 1.54) is 0 Å². The fraction of sp³-hybridized carbons (Fsp3) is 0.882. The minimum absolute atomic E-state index is 0.233. The highest BCUT2D eigenvalue weighted by atomic mass is 16.8. The molecular weight excluding hydrogens is 326 g/mol. The number of carbonyl (C=O) groups is 2. The highest BCUT2D eigenvalue weighted by Gasteiger charge is 2.27. The van der Waals surface area contributed by atoms with Gasteiger partial charge in [-0.15, -0.1) is 0 Å². The summed E-state index contributed by atoms with van der Waals surface area (Å²) in [6.45, 7) is 5.68. The molecule has 2 aliphatic heterocycles. The van der Waals surface area contributed by atoms with Crippen LogP contribution in [0.25, 0.3) is 0 Å². The van der Waals surface area contributed by atoms with E-state index < -0.39 is 6.16 Å². The summed E-state index contributed by atoms with van der Waals surface area (Å²) >= 11 is 0. The molecular formula is C17H31N3O5. The predicted octanol–water partition coefficient (Wildman–Crippen LogP) is 1.49. The molecule has 8 heteroatoms. The first-order chi connectivity index (χ1) is 12.1. The maximum Gasteiger partial charge on any atom is 0.511 e. The molecule has 0 spiro atoms. The SMILES string of the molecule is CCOC(=O)OCOC(=O)CCC1CCN(C2CCN(N)CC2)CC1. The number of nitrogens with two attached hydrogens (primary N) is 1. The van der Waals surface area contributed by atoms with E-state index in [2.05, 4.69) is 14.4 Å². The third kappa shape index (κ3) is 7.17. The molecule has 25 heavy (non-hydrogen) atoms. The summed E-state index contributed by atoms with van der Waals surface area (Å²) in [5, 5.41) is 1.90. The molecule has 2 heterocycles. The van der Waals surface area contributed by atoms with Crippen LogP contribution in [0.15, 0.2) is 0 Å². The lowest BCUT2D eigenvalue weighted by molar-refractivity contribution is -0.153. The lowest BCUT2D eigenvalue weighted by atomic mass is 9.90. The molecule has 2 saturated heterocycles. The van der Waals surface area contributed by atoms with Crippen LogP contribution in [0, 0.1) is 5.92 Å². The molecule has 0 aromatic carbocycles. The van der Waals surface area contributed by atoms with Crippen LogP contribution in [0.1, 0.15) is 45.4 Å². The van der Waals surface area contributed by atoms with Crippen LogP contribution in [0.5, 0.6) is 0 Å². The second kappa shape index (κ2) is 10.6. The van der Waals surface area contributed by atoms with Crippen LogP contribution in [-0.4, -0.2) is 67.7 Å². The zero-order valence-corrected chi connectivity index (χ0v) is 15.2. The number of nitrogens with zero attached hydrogens (tertiary/aromatic N) is 2. The quantitative estimate of drug-likeness (QED) is 0.416. The number of esters is 1. The van der Waals surface area contributed by atoms with E-state index in [-0.39, 0.29) is 19.4 Å². The molecule has 0 amide bonds. The molecule has 0 radical (unpaired) electrons. The first kappa shape index (κ1) is 19.9. The maximum atomic E-state index is 11.7. The van der Waals surface area contributed by atoms with Gasteiger partial charge >= 0.3 is 12.1 Å². The number of hydrogen-bond acceptors (Lipinski definition) is 8. The van der Waals surface area contributed by atoms with Gasteiger partial charge in [-0.05, 0) is 58.0 Å². The molecule has 8 nitrogen and oxygen atoms in total. The van der Waals surface area contributed by atoms with Gasteiger partial charge in [-0.25, -0.2) is 9.80 Å². The molecule has 2 rings (SSSR count). The van der Waals surface area contributed by atoms with Crippen molar-refractivity contribution < 1.29 is 23.8 Å². The minimum atomic E-state index is -0.817. The third-order valence-corrected chi connectivity index (χ3v) is 5.08. The number of carbonyl (C=O) groups excluding carboxylic acids is 2. The molecule has 2 N–H and O–H groups in total. The van der Waals surface area contributed by atoms with E-state index in [1.54, 1.807) is 6.92 Å². The summed E-state index contributed by atoms with van der Waals surface area (Å²) in [7, 11) is 0. The molecule has 0 unspecified atom stereocenters. The number of hydrogen-bond donors (Lipinski definition) is 1. The molecule has 144 valence electrons. The molecule has 0 bridgehead atoms. The van der Waals surface area contributed by atoms with Crippen LogP contribution < -0.4 is 5.84 Å². The second-order valence-electron chi connectivity index (χ2n) is 6.75. The van der Waals surface area contributed by atoms with E-state index in [0.717, 1.165) is 58.3 Å². The van der Waals surface area contributed by atoms with Crippen LogP contribution in [0.2, 0.25) is 0 Å². The average Bonchev–Trinajstić information content (AvgIpc) is 2.61. The van der Waals surface area contributed by atoms with E-state index in [4.69, 9.17) is 10.6 Å². The first-order valence-electron chi connectivity index (χ1n) is 9.27. The lowest BCUT2D eigenvalue weighted by Crippen LogP contribution is -2.49. The van der Waals surface area contributed by atoms with Gasteiger partial charge in [-0.2, -0.15) is 0 Å². The van der Waals surface area contributed by atoms with Crippen molar-refractivity contribution in [3.8, 4) is 0 Å². The third-order valence-electron chi connectivity index (χ3n) is 5.08. The number of ether oxygens (including phenoxy) is 3. The molecule has 2 aliphatic rings. The largest absolute Gasteiger partial charge is 0.511 e. The van der Waals surface area contributed by atoms with Gasteiger partial charge in [0, 0.05) is 25.6 Å². The Kier molecular flexibility index (Phi) is 8.43. The Morgan fingerprint density at radius 2 is 1.68 bits per heavy atom. The summed E-state index contributed by atoms with van der Waals surface area (Å²) in [4.78, 5) is 25.2. The van der Waals surface area contributed by atoms with Crippen molar-refractivity contribution in [2.45, 2.75) is 51.5 Å². The van der Waals surface area contributed by atoms with Gasteiger partial charge in [0.2, 0.25) is 6.79 Å². The molecule has 0 saturated carbocycles. The standard InChI is InChI=1S/C17H31N3O5/c1-2-23-17(22)25-13-24-16(21)4-3-14-5-9-19(10-6-14)15-7-11-20(18)12-8-15/h14-15H,2-13,18H2,1H3. The molecule has 0 aliphatic carbocycles. The zero-order valence-electron chi connectivity index (χ0n) is 15.2.